The Morgan fingerprint density at radius 3 is 2.52 bits per heavy atom. The Kier molecular flexibility index (Phi) is 4.94. The molecule has 7 nitrogen and oxygen atoms in total. The number of piperazine rings is 1. The number of H-pyrrole nitrogens is 1. The lowest BCUT2D eigenvalue weighted by atomic mass is 9.97. The number of halogens is 1. The summed E-state index contributed by atoms with van der Waals surface area (Å²) in [7, 11) is 1.56. The van der Waals surface area contributed by atoms with Gasteiger partial charge in [-0.05, 0) is 23.8 Å². The molecule has 0 bridgehead atoms. The number of carbonyl (C=O) groups is 1. The van der Waals surface area contributed by atoms with Crippen LogP contribution in [0.5, 0.6) is 5.75 Å². The van der Waals surface area contributed by atoms with Gasteiger partial charge in [-0.2, -0.15) is 0 Å². The maximum atomic E-state index is 15.3. The van der Waals surface area contributed by atoms with E-state index < -0.39 is 22.8 Å². The molecule has 8 heteroatoms. The van der Waals surface area contributed by atoms with Crippen molar-refractivity contribution in [3.63, 3.8) is 0 Å². The molecule has 150 valence electrons. The number of ether oxygens (including phenoxy) is 1. The average molecular weight is 397 g/mol. The SMILES string of the molecule is COc1ccc(-c2c(N3CCNCC3)c(F)cc3c(=O)c(C(=O)O)c[nH]c23)cc1. The third-order valence-electron chi connectivity index (χ3n) is 5.15. The van der Waals surface area contributed by atoms with Gasteiger partial charge in [0.2, 0.25) is 5.43 Å². The number of carboxylic acids is 1. The van der Waals surface area contributed by atoms with Crippen LogP contribution in [0.15, 0.2) is 41.3 Å². The smallest absolute Gasteiger partial charge is 0.341 e. The van der Waals surface area contributed by atoms with Gasteiger partial charge in [0.25, 0.3) is 0 Å². The maximum Gasteiger partial charge on any atom is 0.341 e. The van der Waals surface area contributed by atoms with Crippen LogP contribution in [0.25, 0.3) is 22.0 Å². The number of fused-ring (bicyclic) bond motifs is 1. The highest BCUT2D eigenvalue weighted by Crippen LogP contribution is 2.39. The maximum absolute atomic E-state index is 15.3. The summed E-state index contributed by atoms with van der Waals surface area (Å²) in [4.78, 5) is 28.9. The Hall–Kier alpha value is -3.39. The van der Waals surface area contributed by atoms with Crippen molar-refractivity contribution in [3.8, 4) is 16.9 Å². The predicted molar refractivity (Wildman–Crippen MR) is 109 cm³/mol. The summed E-state index contributed by atoms with van der Waals surface area (Å²) in [5, 5.41) is 12.5. The van der Waals surface area contributed by atoms with E-state index in [2.05, 4.69) is 10.3 Å². The van der Waals surface area contributed by atoms with Gasteiger partial charge < -0.3 is 25.0 Å². The zero-order chi connectivity index (χ0) is 20.5. The number of benzene rings is 2. The van der Waals surface area contributed by atoms with Crippen LogP contribution < -0.4 is 20.4 Å². The number of hydrogen-bond donors (Lipinski definition) is 3. The number of aromatic amines is 1. The molecule has 1 aliphatic rings. The van der Waals surface area contributed by atoms with E-state index in [9.17, 15) is 14.7 Å². The molecule has 3 N–H and O–H groups in total. The summed E-state index contributed by atoms with van der Waals surface area (Å²) in [6.07, 6.45) is 1.17. The minimum atomic E-state index is -1.36. The summed E-state index contributed by atoms with van der Waals surface area (Å²) in [5.74, 6) is -1.26. The van der Waals surface area contributed by atoms with Crippen LogP contribution in [0.3, 0.4) is 0 Å². The highest BCUT2D eigenvalue weighted by molar-refractivity contribution is 6.03. The van der Waals surface area contributed by atoms with E-state index in [-0.39, 0.29) is 5.39 Å². The molecule has 0 atom stereocenters. The topological polar surface area (TPSA) is 94.7 Å². The van der Waals surface area contributed by atoms with Crippen LogP contribution in [-0.2, 0) is 0 Å². The number of methoxy groups -OCH3 is 1. The first kappa shape index (κ1) is 18.9. The van der Waals surface area contributed by atoms with E-state index in [1.165, 1.54) is 6.20 Å². The normalized spacial score (nSPS) is 14.2. The van der Waals surface area contributed by atoms with E-state index in [1.807, 2.05) is 4.90 Å². The van der Waals surface area contributed by atoms with Crippen LogP contribution in [0.2, 0.25) is 0 Å². The quantitative estimate of drug-likeness (QED) is 0.626. The second-order valence-electron chi connectivity index (χ2n) is 6.81. The fraction of sp³-hybridized carbons (Fsp3) is 0.238. The standard InChI is InChI=1S/C21H20FN3O4/c1-29-13-4-2-12(3-5-13)17-18-14(20(26)15(11-24-18)21(27)28)10-16(22)19(17)25-8-6-23-7-9-25/h2-5,10-11,23H,6-9H2,1H3,(H,24,26)(H,27,28). The molecule has 1 aliphatic heterocycles. The third kappa shape index (κ3) is 3.31. The van der Waals surface area contributed by atoms with Crippen LogP contribution in [-0.4, -0.2) is 49.3 Å². The van der Waals surface area contributed by atoms with Crippen LogP contribution in [0, 0.1) is 5.82 Å². The molecule has 0 amide bonds. The molecular formula is C21H20FN3O4. The van der Waals surface area contributed by atoms with Gasteiger partial charge in [-0.1, -0.05) is 12.1 Å². The zero-order valence-electron chi connectivity index (χ0n) is 15.8. The van der Waals surface area contributed by atoms with Crippen molar-refractivity contribution in [1.29, 1.82) is 0 Å². The number of hydrogen-bond acceptors (Lipinski definition) is 5. The fourth-order valence-electron chi connectivity index (χ4n) is 3.72. The number of rotatable bonds is 4. The number of anilines is 1. The first-order chi connectivity index (χ1) is 14.0. The Bertz CT molecular complexity index is 1140. The van der Waals surface area contributed by atoms with Gasteiger partial charge in [0.1, 0.15) is 17.1 Å². The van der Waals surface area contributed by atoms with Gasteiger partial charge in [-0.15, -0.1) is 0 Å². The first-order valence-corrected chi connectivity index (χ1v) is 9.22. The molecule has 0 aliphatic carbocycles. The van der Waals surface area contributed by atoms with E-state index in [1.54, 1.807) is 31.4 Å². The summed E-state index contributed by atoms with van der Waals surface area (Å²) in [6.45, 7) is 2.66. The molecule has 2 heterocycles. The van der Waals surface area contributed by atoms with E-state index in [4.69, 9.17) is 4.74 Å². The van der Waals surface area contributed by atoms with Crippen LogP contribution in [0.1, 0.15) is 10.4 Å². The number of aromatic nitrogens is 1. The summed E-state index contributed by atoms with van der Waals surface area (Å²) < 4.78 is 20.5. The number of carboxylic acid groups (broad SMARTS) is 1. The number of aromatic carboxylic acids is 1. The molecule has 2 aromatic carbocycles. The minimum Gasteiger partial charge on any atom is -0.497 e. The Morgan fingerprint density at radius 1 is 1.21 bits per heavy atom. The van der Waals surface area contributed by atoms with Crippen molar-refractivity contribution in [2.24, 2.45) is 0 Å². The van der Waals surface area contributed by atoms with Gasteiger partial charge in [0.05, 0.1) is 23.7 Å². The van der Waals surface area contributed by atoms with Crippen molar-refractivity contribution < 1.29 is 19.0 Å². The molecule has 0 unspecified atom stereocenters. The largest absolute Gasteiger partial charge is 0.497 e. The molecule has 0 saturated carbocycles. The molecule has 29 heavy (non-hydrogen) atoms. The lowest BCUT2D eigenvalue weighted by Crippen LogP contribution is -2.44. The Labute approximate surface area is 165 Å². The molecule has 3 aromatic rings. The summed E-state index contributed by atoms with van der Waals surface area (Å²) in [6, 6.07) is 8.24. The zero-order valence-corrected chi connectivity index (χ0v) is 15.8. The second-order valence-corrected chi connectivity index (χ2v) is 6.81. The number of pyridine rings is 1. The van der Waals surface area contributed by atoms with Crippen molar-refractivity contribution >= 4 is 22.6 Å². The minimum absolute atomic E-state index is 0.00658. The molecule has 0 radical (unpaired) electrons. The molecule has 4 rings (SSSR count). The monoisotopic (exact) mass is 397 g/mol. The van der Waals surface area contributed by atoms with Gasteiger partial charge >= 0.3 is 5.97 Å². The Balaban J connectivity index is 2.04. The van der Waals surface area contributed by atoms with Gasteiger partial charge in [-0.3, -0.25) is 4.79 Å². The molecule has 1 saturated heterocycles. The van der Waals surface area contributed by atoms with Crippen molar-refractivity contribution in [2.45, 2.75) is 0 Å². The van der Waals surface area contributed by atoms with E-state index >= 15 is 4.39 Å². The lowest BCUT2D eigenvalue weighted by molar-refractivity contribution is 0.0695. The molecule has 1 fully saturated rings. The lowest BCUT2D eigenvalue weighted by Gasteiger charge is -2.32. The fourth-order valence-corrected chi connectivity index (χ4v) is 3.72. The van der Waals surface area contributed by atoms with Crippen molar-refractivity contribution in [3.05, 3.63) is 58.1 Å². The Morgan fingerprint density at radius 2 is 1.90 bits per heavy atom. The van der Waals surface area contributed by atoms with Gasteiger partial charge in [0.15, 0.2) is 0 Å². The van der Waals surface area contributed by atoms with Crippen LogP contribution in [0.4, 0.5) is 10.1 Å². The van der Waals surface area contributed by atoms with E-state index in [0.29, 0.717) is 54.3 Å². The number of nitrogens with one attached hydrogen (secondary N) is 2. The molecular weight excluding hydrogens is 377 g/mol. The van der Waals surface area contributed by atoms with Crippen molar-refractivity contribution in [2.75, 3.05) is 38.2 Å². The predicted octanol–water partition coefficient (Wildman–Crippen LogP) is 2.45. The van der Waals surface area contributed by atoms with Crippen LogP contribution >= 0.6 is 0 Å². The highest BCUT2D eigenvalue weighted by atomic mass is 19.1. The third-order valence-corrected chi connectivity index (χ3v) is 5.15. The van der Waals surface area contributed by atoms with Gasteiger partial charge in [0, 0.05) is 37.9 Å². The summed E-state index contributed by atoms with van der Waals surface area (Å²) >= 11 is 0. The molecule has 1 aromatic heterocycles. The second kappa shape index (κ2) is 7.56. The van der Waals surface area contributed by atoms with E-state index in [0.717, 1.165) is 6.07 Å². The number of nitrogens with zero attached hydrogens (tertiary/aromatic N) is 1. The summed E-state index contributed by atoms with van der Waals surface area (Å²) in [5.41, 5.74) is 0.878. The highest BCUT2D eigenvalue weighted by Gasteiger charge is 2.24. The van der Waals surface area contributed by atoms with Gasteiger partial charge in [-0.25, -0.2) is 9.18 Å². The van der Waals surface area contributed by atoms with Crippen molar-refractivity contribution in [1.82, 2.24) is 10.3 Å². The molecule has 0 spiro atoms. The average Bonchev–Trinajstić information content (AvgIpc) is 2.74. The first-order valence-electron chi connectivity index (χ1n) is 9.22.